The van der Waals surface area contributed by atoms with Gasteiger partial charge in [0.15, 0.2) is 0 Å². The third-order valence-corrected chi connectivity index (χ3v) is 4.28. The maximum atomic E-state index is 12.0. The van der Waals surface area contributed by atoms with E-state index >= 15 is 0 Å². The van der Waals surface area contributed by atoms with E-state index in [9.17, 15) is 8.42 Å². The number of rotatable bonds is 5. The van der Waals surface area contributed by atoms with Gasteiger partial charge in [-0.1, -0.05) is 12.1 Å². The van der Waals surface area contributed by atoms with Crippen LogP contribution >= 0.6 is 0 Å². The summed E-state index contributed by atoms with van der Waals surface area (Å²) in [6, 6.07) is 8.83. The Kier molecular flexibility index (Phi) is 4.84. The predicted octanol–water partition coefficient (Wildman–Crippen LogP) is 0.892. The predicted molar refractivity (Wildman–Crippen MR) is 69.3 cm³/mol. The number of benzene rings is 1. The molecular formula is C12H17N3O2S. The van der Waals surface area contributed by atoms with Crippen molar-refractivity contribution in [1.82, 2.24) is 9.21 Å². The molecule has 18 heavy (non-hydrogen) atoms. The van der Waals surface area contributed by atoms with E-state index < -0.39 is 10.0 Å². The van der Waals surface area contributed by atoms with Crippen molar-refractivity contribution >= 4 is 10.0 Å². The van der Waals surface area contributed by atoms with E-state index in [0.717, 1.165) is 5.56 Å². The second kappa shape index (κ2) is 5.96. The Balaban J connectivity index is 2.97. The molecule has 0 aliphatic heterocycles. The zero-order valence-electron chi connectivity index (χ0n) is 10.8. The molecule has 0 N–H and O–H groups in total. The summed E-state index contributed by atoms with van der Waals surface area (Å²) in [6.07, 6.45) is 0. The monoisotopic (exact) mass is 267 g/mol. The summed E-state index contributed by atoms with van der Waals surface area (Å²) in [6.45, 7) is 0.856. The molecule has 0 saturated heterocycles. The SMILES string of the molecule is CN(CC#N)Cc1cccc(S(=O)(=O)N(C)C)c1. The first kappa shape index (κ1) is 14.6. The summed E-state index contributed by atoms with van der Waals surface area (Å²) in [5, 5.41) is 8.58. The normalized spacial score (nSPS) is 11.8. The molecule has 0 fully saturated rings. The van der Waals surface area contributed by atoms with Crippen molar-refractivity contribution in [1.29, 1.82) is 5.26 Å². The summed E-state index contributed by atoms with van der Waals surface area (Å²) >= 11 is 0. The molecule has 0 aliphatic carbocycles. The number of hydrogen-bond donors (Lipinski definition) is 0. The summed E-state index contributed by atoms with van der Waals surface area (Å²) < 4.78 is 25.1. The smallest absolute Gasteiger partial charge is 0.242 e. The maximum Gasteiger partial charge on any atom is 0.242 e. The Hall–Kier alpha value is -1.42. The average molecular weight is 267 g/mol. The quantitative estimate of drug-likeness (QED) is 0.743. The van der Waals surface area contributed by atoms with Crippen LogP contribution in [0.5, 0.6) is 0 Å². The zero-order valence-corrected chi connectivity index (χ0v) is 11.6. The van der Waals surface area contributed by atoms with Gasteiger partial charge in [0.1, 0.15) is 0 Å². The van der Waals surface area contributed by atoms with E-state index in [2.05, 4.69) is 6.07 Å². The van der Waals surface area contributed by atoms with Crippen LogP contribution in [0.25, 0.3) is 0 Å². The lowest BCUT2D eigenvalue weighted by atomic mass is 10.2. The van der Waals surface area contributed by atoms with Crippen LogP contribution in [0.3, 0.4) is 0 Å². The van der Waals surface area contributed by atoms with Crippen LogP contribution in [0, 0.1) is 11.3 Å². The number of nitriles is 1. The Morgan fingerprint density at radius 2 is 1.94 bits per heavy atom. The van der Waals surface area contributed by atoms with Crippen LogP contribution in [-0.4, -0.2) is 45.3 Å². The lowest BCUT2D eigenvalue weighted by molar-refractivity contribution is 0.367. The topological polar surface area (TPSA) is 64.4 Å². The van der Waals surface area contributed by atoms with Crippen molar-refractivity contribution in [3.05, 3.63) is 29.8 Å². The molecule has 5 nitrogen and oxygen atoms in total. The van der Waals surface area contributed by atoms with Crippen molar-refractivity contribution < 1.29 is 8.42 Å². The number of hydrogen-bond acceptors (Lipinski definition) is 4. The van der Waals surface area contributed by atoms with Crippen LogP contribution in [0.15, 0.2) is 29.2 Å². The Bertz CT molecular complexity index is 547. The average Bonchev–Trinajstić information content (AvgIpc) is 2.29. The first-order valence-corrected chi connectivity index (χ1v) is 6.89. The van der Waals surface area contributed by atoms with Crippen molar-refractivity contribution in [3.8, 4) is 6.07 Å². The van der Waals surface area contributed by atoms with Crippen molar-refractivity contribution in [2.45, 2.75) is 11.4 Å². The van der Waals surface area contributed by atoms with Crippen molar-refractivity contribution in [2.75, 3.05) is 27.7 Å². The molecule has 0 aliphatic rings. The van der Waals surface area contributed by atoms with Crippen LogP contribution in [0.2, 0.25) is 0 Å². The Morgan fingerprint density at radius 3 is 2.50 bits per heavy atom. The van der Waals surface area contributed by atoms with Gasteiger partial charge in [-0.2, -0.15) is 5.26 Å². The minimum Gasteiger partial charge on any atom is -0.289 e. The van der Waals surface area contributed by atoms with Gasteiger partial charge in [-0.3, -0.25) is 4.90 Å². The van der Waals surface area contributed by atoms with Crippen LogP contribution in [-0.2, 0) is 16.6 Å². The molecule has 0 radical (unpaired) electrons. The molecule has 0 unspecified atom stereocenters. The van der Waals surface area contributed by atoms with E-state index in [1.807, 2.05) is 18.0 Å². The number of sulfonamides is 1. The van der Waals surface area contributed by atoms with Gasteiger partial charge in [0.25, 0.3) is 0 Å². The molecule has 1 rings (SSSR count). The van der Waals surface area contributed by atoms with E-state index in [1.54, 1.807) is 18.2 Å². The third kappa shape index (κ3) is 3.53. The largest absolute Gasteiger partial charge is 0.289 e. The van der Waals surface area contributed by atoms with E-state index in [-0.39, 0.29) is 4.90 Å². The van der Waals surface area contributed by atoms with Crippen LogP contribution < -0.4 is 0 Å². The summed E-state index contributed by atoms with van der Waals surface area (Å²) in [5.41, 5.74) is 0.871. The van der Waals surface area contributed by atoms with E-state index in [0.29, 0.717) is 13.1 Å². The molecule has 1 aromatic rings. The summed E-state index contributed by atoms with van der Waals surface area (Å²) in [5.74, 6) is 0. The summed E-state index contributed by atoms with van der Waals surface area (Å²) in [7, 11) is 1.43. The molecule has 6 heteroatoms. The molecule has 0 saturated carbocycles. The van der Waals surface area contributed by atoms with Crippen molar-refractivity contribution in [3.63, 3.8) is 0 Å². The molecule has 0 heterocycles. The second-order valence-electron chi connectivity index (χ2n) is 4.27. The van der Waals surface area contributed by atoms with Gasteiger partial charge in [-0.25, -0.2) is 12.7 Å². The molecule has 0 amide bonds. The zero-order chi connectivity index (χ0) is 13.8. The lowest BCUT2D eigenvalue weighted by Gasteiger charge is -2.15. The van der Waals surface area contributed by atoms with Gasteiger partial charge in [-0.05, 0) is 24.7 Å². The standard InChI is InChI=1S/C12H17N3O2S/c1-14(2)18(16,17)12-6-4-5-11(9-12)10-15(3)8-7-13/h4-6,9H,8,10H2,1-3H3. The third-order valence-electron chi connectivity index (χ3n) is 2.47. The highest BCUT2D eigenvalue weighted by Gasteiger charge is 2.17. The van der Waals surface area contributed by atoms with Gasteiger partial charge >= 0.3 is 0 Å². The van der Waals surface area contributed by atoms with Crippen LogP contribution in [0.4, 0.5) is 0 Å². The first-order valence-electron chi connectivity index (χ1n) is 5.45. The van der Waals surface area contributed by atoms with Gasteiger partial charge < -0.3 is 0 Å². The van der Waals surface area contributed by atoms with Gasteiger partial charge in [0.2, 0.25) is 10.0 Å². The lowest BCUT2D eigenvalue weighted by Crippen LogP contribution is -2.23. The Morgan fingerprint density at radius 1 is 1.28 bits per heavy atom. The highest BCUT2D eigenvalue weighted by molar-refractivity contribution is 7.89. The van der Waals surface area contributed by atoms with Gasteiger partial charge in [0.05, 0.1) is 17.5 Å². The molecule has 98 valence electrons. The minimum atomic E-state index is -3.40. The molecule has 0 aromatic heterocycles. The summed E-state index contributed by atoms with van der Waals surface area (Å²) in [4.78, 5) is 2.09. The van der Waals surface area contributed by atoms with Gasteiger partial charge in [-0.15, -0.1) is 0 Å². The van der Waals surface area contributed by atoms with Gasteiger partial charge in [0, 0.05) is 20.6 Å². The van der Waals surface area contributed by atoms with E-state index in [4.69, 9.17) is 5.26 Å². The van der Waals surface area contributed by atoms with E-state index in [1.165, 1.54) is 18.4 Å². The minimum absolute atomic E-state index is 0.273. The maximum absolute atomic E-state index is 12.0. The number of nitrogens with zero attached hydrogens (tertiary/aromatic N) is 3. The fraction of sp³-hybridized carbons (Fsp3) is 0.417. The van der Waals surface area contributed by atoms with Crippen molar-refractivity contribution in [2.24, 2.45) is 0 Å². The molecule has 0 atom stereocenters. The fourth-order valence-electron chi connectivity index (χ4n) is 1.50. The molecule has 0 bridgehead atoms. The second-order valence-corrected chi connectivity index (χ2v) is 6.42. The molecule has 0 spiro atoms. The van der Waals surface area contributed by atoms with Crippen LogP contribution in [0.1, 0.15) is 5.56 Å². The Labute approximate surface area is 108 Å². The first-order chi connectivity index (χ1) is 8.37. The molecule has 1 aromatic carbocycles. The highest BCUT2D eigenvalue weighted by atomic mass is 32.2. The highest BCUT2D eigenvalue weighted by Crippen LogP contribution is 2.15. The molecular weight excluding hydrogens is 250 g/mol. The fourth-order valence-corrected chi connectivity index (χ4v) is 2.48.